The van der Waals surface area contributed by atoms with E-state index in [1.54, 1.807) is 6.92 Å². The van der Waals surface area contributed by atoms with Crippen molar-refractivity contribution >= 4 is 5.91 Å². The molecule has 0 aromatic heterocycles. The quantitative estimate of drug-likeness (QED) is 0.555. The number of hydrogen-bond donors (Lipinski definition) is 3. The van der Waals surface area contributed by atoms with Crippen molar-refractivity contribution in [3.05, 3.63) is 0 Å². The maximum absolute atomic E-state index is 11.0. The van der Waals surface area contributed by atoms with E-state index >= 15 is 0 Å². The summed E-state index contributed by atoms with van der Waals surface area (Å²) in [6.45, 7) is 7.02. The van der Waals surface area contributed by atoms with Gasteiger partial charge in [0.15, 0.2) is 0 Å². The summed E-state index contributed by atoms with van der Waals surface area (Å²) >= 11 is 0. The van der Waals surface area contributed by atoms with Crippen LogP contribution in [0.15, 0.2) is 0 Å². The number of carbonyl (C=O) groups is 1. The average molecular weight is 202 g/mol. The third-order valence-corrected chi connectivity index (χ3v) is 1.91. The van der Waals surface area contributed by atoms with Gasteiger partial charge in [0.05, 0.1) is 6.10 Å². The average Bonchev–Trinajstić information content (AvgIpc) is 2.02. The van der Waals surface area contributed by atoms with Gasteiger partial charge in [-0.05, 0) is 27.2 Å². The fraction of sp³-hybridized carbons (Fsp3) is 0.900. The van der Waals surface area contributed by atoms with Crippen molar-refractivity contribution in [3.63, 3.8) is 0 Å². The fourth-order valence-corrected chi connectivity index (χ4v) is 1.31. The molecule has 0 rings (SSSR count). The minimum atomic E-state index is -0.290. The number of hydrogen-bond acceptors (Lipinski definition) is 3. The highest BCUT2D eigenvalue weighted by Crippen LogP contribution is 1.96. The lowest BCUT2D eigenvalue weighted by Gasteiger charge is -2.14. The number of rotatable bonds is 7. The van der Waals surface area contributed by atoms with Crippen molar-refractivity contribution in [2.45, 2.75) is 45.8 Å². The van der Waals surface area contributed by atoms with Crippen LogP contribution in [0.4, 0.5) is 0 Å². The summed E-state index contributed by atoms with van der Waals surface area (Å²) in [6, 6.07) is 0.254. The molecule has 14 heavy (non-hydrogen) atoms. The highest BCUT2D eigenvalue weighted by atomic mass is 16.3. The lowest BCUT2D eigenvalue weighted by atomic mass is 10.1. The smallest absolute Gasteiger partial charge is 0.221 e. The second-order valence-electron chi connectivity index (χ2n) is 3.64. The topological polar surface area (TPSA) is 61.4 Å². The molecular formula is C10H22N2O2. The Kier molecular flexibility index (Phi) is 7.42. The molecule has 0 saturated carbocycles. The van der Waals surface area contributed by atoms with E-state index in [4.69, 9.17) is 5.11 Å². The first kappa shape index (κ1) is 13.4. The summed E-state index contributed by atoms with van der Waals surface area (Å²) in [7, 11) is 0. The van der Waals surface area contributed by atoms with E-state index in [2.05, 4.69) is 10.6 Å². The van der Waals surface area contributed by atoms with E-state index in [-0.39, 0.29) is 18.1 Å². The SMILES string of the molecule is CCNC(=O)CCNC(C)CC(C)O. The van der Waals surface area contributed by atoms with Gasteiger partial charge in [0.1, 0.15) is 0 Å². The Labute approximate surface area is 86.1 Å². The maximum Gasteiger partial charge on any atom is 0.221 e. The number of aliphatic hydroxyl groups is 1. The summed E-state index contributed by atoms with van der Waals surface area (Å²) in [5, 5.41) is 15.0. The molecule has 84 valence electrons. The predicted molar refractivity (Wildman–Crippen MR) is 57.1 cm³/mol. The van der Waals surface area contributed by atoms with E-state index < -0.39 is 0 Å². The van der Waals surface area contributed by atoms with E-state index in [9.17, 15) is 4.79 Å². The van der Waals surface area contributed by atoms with Crippen molar-refractivity contribution in [1.82, 2.24) is 10.6 Å². The third-order valence-electron chi connectivity index (χ3n) is 1.91. The highest BCUT2D eigenvalue weighted by Gasteiger charge is 2.05. The van der Waals surface area contributed by atoms with Crippen molar-refractivity contribution in [2.24, 2.45) is 0 Å². The minimum Gasteiger partial charge on any atom is -0.393 e. The molecule has 4 heteroatoms. The van der Waals surface area contributed by atoms with Gasteiger partial charge in [-0.2, -0.15) is 0 Å². The Morgan fingerprint density at radius 3 is 2.57 bits per heavy atom. The van der Waals surface area contributed by atoms with Crippen LogP contribution in [-0.2, 0) is 4.79 Å². The van der Waals surface area contributed by atoms with Crippen LogP contribution in [0.3, 0.4) is 0 Å². The molecule has 0 aromatic carbocycles. The van der Waals surface area contributed by atoms with Gasteiger partial charge in [0, 0.05) is 25.6 Å². The molecule has 1 amide bonds. The van der Waals surface area contributed by atoms with Crippen molar-refractivity contribution in [1.29, 1.82) is 0 Å². The summed E-state index contributed by atoms with van der Waals surface area (Å²) < 4.78 is 0. The molecule has 0 bridgehead atoms. The Morgan fingerprint density at radius 1 is 1.43 bits per heavy atom. The standard InChI is InChI=1S/C10H22N2O2/c1-4-11-10(14)5-6-12-8(2)7-9(3)13/h8-9,12-13H,4-7H2,1-3H3,(H,11,14). The van der Waals surface area contributed by atoms with Gasteiger partial charge >= 0.3 is 0 Å². The summed E-state index contributed by atoms with van der Waals surface area (Å²) in [6.07, 6.45) is 0.926. The molecule has 0 spiro atoms. The fourth-order valence-electron chi connectivity index (χ4n) is 1.31. The molecule has 3 N–H and O–H groups in total. The monoisotopic (exact) mass is 202 g/mol. The predicted octanol–water partition coefficient (Wildman–Crippen LogP) is 0.262. The summed E-state index contributed by atoms with van der Waals surface area (Å²) in [5.41, 5.74) is 0. The van der Waals surface area contributed by atoms with E-state index in [0.717, 1.165) is 6.42 Å². The van der Waals surface area contributed by atoms with Crippen LogP contribution >= 0.6 is 0 Å². The van der Waals surface area contributed by atoms with Gasteiger partial charge in [0.25, 0.3) is 0 Å². The van der Waals surface area contributed by atoms with Crippen molar-refractivity contribution in [3.8, 4) is 0 Å². The number of amides is 1. The maximum atomic E-state index is 11.0. The number of carbonyl (C=O) groups excluding carboxylic acids is 1. The normalized spacial score (nSPS) is 14.9. The van der Waals surface area contributed by atoms with Gasteiger partial charge in [-0.15, -0.1) is 0 Å². The lowest BCUT2D eigenvalue weighted by Crippen LogP contribution is -2.33. The van der Waals surface area contributed by atoms with Gasteiger partial charge in [-0.1, -0.05) is 0 Å². The van der Waals surface area contributed by atoms with Gasteiger partial charge < -0.3 is 15.7 Å². The minimum absolute atomic E-state index is 0.0734. The second kappa shape index (κ2) is 7.76. The molecular weight excluding hydrogens is 180 g/mol. The van der Waals surface area contributed by atoms with Crippen LogP contribution in [0.2, 0.25) is 0 Å². The molecule has 0 aromatic rings. The molecule has 0 radical (unpaired) electrons. The molecule has 0 fully saturated rings. The summed E-state index contributed by atoms with van der Waals surface area (Å²) in [5.74, 6) is 0.0734. The van der Waals surface area contributed by atoms with Gasteiger partial charge in [0.2, 0.25) is 5.91 Å². The molecule has 0 aliphatic carbocycles. The Balaban J connectivity index is 3.39. The van der Waals surface area contributed by atoms with Crippen LogP contribution in [0, 0.1) is 0 Å². The molecule has 2 unspecified atom stereocenters. The number of aliphatic hydroxyl groups excluding tert-OH is 1. The molecule has 0 aliphatic rings. The van der Waals surface area contributed by atoms with Crippen LogP contribution in [0.5, 0.6) is 0 Å². The third kappa shape index (κ3) is 8.01. The van der Waals surface area contributed by atoms with E-state index in [1.165, 1.54) is 0 Å². The number of nitrogens with one attached hydrogen (secondary N) is 2. The summed E-state index contributed by atoms with van der Waals surface area (Å²) in [4.78, 5) is 11.0. The first-order chi connectivity index (χ1) is 6.56. The van der Waals surface area contributed by atoms with Crippen LogP contribution in [0.1, 0.15) is 33.6 Å². The Bertz CT molecular complexity index is 160. The van der Waals surface area contributed by atoms with Gasteiger partial charge in [-0.25, -0.2) is 0 Å². The first-order valence-electron chi connectivity index (χ1n) is 5.24. The Hall–Kier alpha value is -0.610. The second-order valence-corrected chi connectivity index (χ2v) is 3.64. The molecule has 0 heterocycles. The van der Waals surface area contributed by atoms with Gasteiger partial charge in [-0.3, -0.25) is 4.79 Å². The molecule has 0 saturated heterocycles. The first-order valence-corrected chi connectivity index (χ1v) is 5.24. The Morgan fingerprint density at radius 2 is 2.07 bits per heavy atom. The highest BCUT2D eigenvalue weighted by molar-refractivity contribution is 5.75. The molecule has 4 nitrogen and oxygen atoms in total. The van der Waals surface area contributed by atoms with Crippen LogP contribution in [0.25, 0.3) is 0 Å². The van der Waals surface area contributed by atoms with Crippen LogP contribution < -0.4 is 10.6 Å². The van der Waals surface area contributed by atoms with Crippen molar-refractivity contribution < 1.29 is 9.90 Å². The van der Waals surface area contributed by atoms with E-state index in [0.29, 0.717) is 19.5 Å². The largest absolute Gasteiger partial charge is 0.393 e. The zero-order chi connectivity index (χ0) is 11.0. The van der Waals surface area contributed by atoms with Crippen LogP contribution in [-0.4, -0.2) is 36.2 Å². The zero-order valence-electron chi connectivity index (χ0n) is 9.34. The van der Waals surface area contributed by atoms with Crippen molar-refractivity contribution in [2.75, 3.05) is 13.1 Å². The molecule has 0 aliphatic heterocycles. The molecule has 2 atom stereocenters. The lowest BCUT2D eigenvalue weighted by molar-refractivity contribution is -0.120. The van der Waals surface area contributed by atoms with E-state index in [1.807, 2.05) is 13.8 Å². The zero-order valence-corrected chi connectivity index (χ0v) is 9.34.